The molecule has 23 heavy (non-hydrogen) atoms. The standard InChI is InChI=1S/C17H21N3O3/c1-3-19-10-15(21)20(17(19)23)14-8-13(7-4-11(14)2)16(22)18-9-12-5-6-12/h4,7-8,12H,3,5-6,9-10H2,1-2H3,(H,18,22). The van der Waals surface area contributed by atoms with E-state index in [0.29, 0.717) is 30.3 Å². The van der Waals surface area contributed by atoms with Gasteiger partial charge in [0.1, 0.15) is 6.54 Å². The number of hydrogen-bond acceptors (Lipinski definition) is 3. The summed E-state index contributed by atoms with van der Waals surface area (Å²) in [5.41, 5.74) is 1.76. The van der Waals surface area contributed by atoms with Gasteiger partial charge in [0.25, 0.3) is 11.8 Å². The van der Waals surface area contributed by atoms with Crippen molar-refractivity contribution in [3.8, 4) is 0 Å². The minimum Gasteiger partial charge on any atom is -0.352 e. The fraction of sp³-hybridized carbons (Fsp3) is 0.471. The van der Waals surface area contributed by atoms with Crippen LogP contribution in [0.4, 0.5) is 10.5 Å². The van der Waals surface area contributed by atoms with Gasteiger partial charge in [-0.15, -0.1) is 0 Å². The molecular weight excluding hydrogens is 294 g/mol. The van der Waals surface area contributed by atoms with Crippen LogP contribution >= 0.6 is 0 Å². The van der Waals surface area contributed by atoms with E-state index in [9.17, 15) is 14.4 Å². The summed E-state index contributed by atoms with van der Waals surface area (Å²) in [4.78, 5) is 39.4. The lowest BCUT2D eigenvalue weighted by Crippen LogP contribution is -2.33. The van der Waals surface area contributed by atoms with Gasteiger partial charge in [0, 0.05) is 18.7 Å². The second kappa shape index (κ2) is 6.02. The average molecular weight is 315 g/mol. The summed E-state index contributed by atoms with van der Waals surface area (Å²) in [6.07, 6.45) is 2.34. The summed E-state index contributed by atoms with van der Waals surface area (Å²) >= 11 is 0. The average Bonchev–Trinajstić information content (AvgIpc) is 3.31. The Hall–Kier alpha value is -2.37. The maximum Gasteiger partial charge on any atom is 0.331 e. The Morgan fingerprint density at radius 3 is 2.65 bits per heavy atom. The number of likely N-dealkylation sites (N-methyl/N-ethyl adjacent to an activating group) is 1. The van der Waals surface area contributed by atoms with E-state index in [-0.39, 0.29) is 24.4 Å². The second-order valence-corrected chi connectivity index (χ2v) is 6.18. The SMILES string of the molecule is CCN1CC(=O)N(c2cc(C(=O)NCC3CC3)ccc2C)C1=O. The summed E-state index contributed by atoms with van der Waals surface area (Å²) in [6, 6.07) is 4.81. The summed E-state index contributed by atoms with van der Waals surface area (Å²) < 4.78 is 0. The smallest absolute Gasteiger partial charge is 0.331 e. The van der Waals surface area contributed by atoms with Gasteiger partial charge in [-0.1, -0.05) is 6.07 Å². The fourth-order valence-electron chi connectivity index (χ4n) is 2.69. The Kier molecular flexibility index (Phi) is 4.07. The second-order valence-electron chi connectivity index (χ2n) is 6.18. The number of urea groups is 1. The first-order valence-corrected chi connectivity index (χ1v) is 8.02. The molecule has 1 aromatic carbocycles. The minimum absolute atomic E-state index is 0.0902. The minimum atomic E-state index is -0.323. The predicted molar refractivity (Wildman–Crippen MR) is 86.4 cm³/mol. The van der Waals surface area contributed by atoms with Gasteiger partial charge < -0.3 is 10.2 Å². The number of nitrogens with one attached hydrogen (secondary N) is 1. The molecule has 1 aliphatic carbocycles. The lowest BCUT2D eigenvalue weighted by atomic mass is 10.1. The van der Waals surface area contributed by atoms with E-state index in [0.717, 1.165) is 5.56 Å². The van der Waals surface area contributed by atoms with E-state index in [1.807, 2.05) is 13.8 Å². The van der Waals surface area contributed by atoms with Crippen molar-refractivity contribution in [3.05, 3.63) is 29.3 Å². The molecule has 1 N–H and O–H groups in total. The largest absolute Gasteiger partial charge is 0.352 e. The van der Waals surface area contributed by atoms with Crippen molar-refractivity contribution in [3.63, 3.8) is 0 Å². The van der Waals surface area contributed by atoms with Crippen LogP contribution in [-0.4, -0.2) is 42.4 Å². The molecule has 1 aromatic rings. The molecule has 122 valence electrons. The number of carbonyl (C=O) groups is 3. The van der Waals surface area contributed by atoms with Crippen LogP contribution in [0.1, 0.15) is 35.7 Å². The van der Waals surface area contributed by atoms with Crippen molar-refractivity contribution in [2.75, 3.05) is 24.5 Å². The third-order valence-corrected chi connectivity index (χ3v) is 4.38. The molecule has 6 heteroatoms. The van der Waals surface area contributed by atoms with E-state index in [2.05, 4.69) is 5.32 Å². The van der Waals surface area contributed by atoms with Crippen LogP contribution < -0.4 is 10.2 Å². The molecule has 1 saturated heterocycles. The lowest BCUT2D eigenvalue weighted by molar-refractivity contribution is -0.116. The fourth-order valence-corrected chi connectivity index (χ4v) is 2.69. The van der Waals surface area contributed by atoms with Crippen LogP contribution in [0.5, 0.6) is 0 Å². The number of rotatable bonds is 5. The van der Waals surface area contributed by atoms with Crippen LogP contribution in [0.2, 0.25) is 0 Å². The van der Waals surface area contributed by atoms with Gasteiger partial charge in [-0.3, -0.25) is 9.59 Å². The highest BCUT2D eigenvalue weighted by Crippen LogP contribution is 2.28. The van der Waals surface area contributed by atoms with Gasteiger partial charge in [0.15, 0.2) is 0 Å². The van der Waals surface area contributed by atoms with Gasteiger partial charge in [-0.05, 0) is 50.3 Å². The van der Waals surface area contributed by atoms with Crippen LogP contribution in [0, 0.1) is 12.8 Å². The Bertz CT molecular complexity index is 667. The molecule has 3 rings (SSSR count). The number of imide groups is 1. The first-order valence-electron chi connectivity index (χ1n) is 8.02. The van der Waals surface area contributed by atoms with Crippen molar-refractivity contribution < 1.29 is 14.4 Å². The van der Waals surface area contributed by atoms with Gasteiger partial charge >= 0.3 is 6.03 Å². The van der Waals surface area contributed by atoms with Gasteiger partial charge in [-0.25, -0.2) is 9.69 Å². The maximum atomic E-state index is 12.3. The number of benzene rings is 1. The maximum absolute atomic E-state index is 12.3. The quantitative estimate of drug-likeness (QED) is 0.844. The molecule has 0 unspecified atom stereocenters. The topological polar surface area (TPSA) is 69.7 Å². The molecule has 0 aromatic heterocycles. The number of aryl methyl sites for hydroxylation is 1. The Labute approximate surface area is 135 Å². The number of hydrogen-bond donors (Lipinski definition) is 1. The zero-order chi connectivity index (χ0) is 16.6. The van der Waals surface area contributed by atoms with Crippen molar-refractivity contribution in [1.82, 2.24) is 10.2 Å². The first kappa shape index (κ1) is 15.5. The van der Waals surface area contributed by atoms with Gasteiger partial charge in [0.2, 0.25) is 0 Å². The van der Waals surface area contributed by atoms with E-state index in [4.69, 9.17) is 0 Å². The van der Waals surface area contributed by atoms with Crippen molar-refractivity contribution >= 4 is 23.5 Å². The molecule has 0 bridgehead atoms. The normalized spacial score (nSPS) is 17.8. The third kappa shape index (κ3) is 3.06. The monoisotopic (exact) mass is 315 g/mol. The molecule has 2 aliphatic rings. The first-order chi connectivity index (χ1) is 11.0. The molecule has 0 radical (unpaired) electrons. The van der Waals surface area contributed by atoms with Crippen LogP contribution in [0.3, 0.4) is 0 Å². The number of nitrogens with zero attached hydrogens (tertiary/aromatic N) is 2. The summed E-state index contributed by atoms with van der Waals surface area (Å²) in [5, 5.41) is 2.90. The number of anilines is 1. The highest BCUT2D eigenvalue weighted by molar-refractivity contribution is 6.20. The summed E-state index contributed by atoms with van der Waals surface area (Å²) in [5.74, 6) is 0.184. The Morgan fingerprint density at radius 1 is 1.30 bits per heavy atom. The van der Waals surface area contributed by atoms with Crippen molar-refractivity contribution in [2.24, 2.45) is 5.92 Å². The van der Waals surface area contributed by atoms with Crippen molar-refractivity contribution in [2.45, 2.75) is 26.7 Å². The summed E-state index contributed by atoms with van der Waals surface area (Å²) in [7, 11) is 0. The highest BCUT2D eigenvalue weighted by atomic mass is 16.2. The number of carbonyl (C=O) groups excluding carboxylic acids is 3. The van der Waals surface area contributed by atoms with Crippen LogP contribution in [0.25, 0.3) is 0 Å². The van der Waals surface area contributed by atoms with Crippen LogP contribution in [-0.2, 0) is 4.79 Å². The molecule has 1 saturated carbocycles. The third-order valence-electron chi connectivity index (χ3n) is 4.38. The molecule has 2 fully saturated rings. The van der Waals surface area contributed by atoms with Crippen molar-refractivity contribution in [1.29, 1.82) is 0 Å². The van der Waals surface area contributed by atoms with E-state index < -0.39 is 0 Å². The van der Waals surface area contributed by atoms with Gasteiger partial charge in [-0.2, -0.15) is 0 Å². The Morgan fingerprint density at radius 2 is 2.04 bits per heavy atom. The Balaban J connectivity index is 1.84. The molecule has 1 aliphatic heterocycles. The predicted octanol–water partition coefficient (Wildman–Crippen LogP) is 1.92. The van der Waals surface area contributed by atoms with E-state index >= 15 is 0 Å². The molecule has 1 heterocycles. The molecular formula is C17H21N3O3. The van der Waals surface area contributed by atoms with Gasteiger partial charge in [0.05, 0.1) is 5.69 Å². The molecule has 0 spiro atoms. The van der Waals surface area contributed by atoms with Crippen LogP contribution in [0.15, 0.2) is 18.2 Å². The molecule has 6 nitrogen and oxygen atoms in total. The highest BCUT2D eigenvalue weighted by Gasteiger charge is 2.37. The van der Waals surface area contributed by atoms with E-state index in [1.54, 1.807) is 18.2 Å². The zero-order valence-corrected chi connectivity index (χ0v) is 13.5. The molecule has 4 amide bonds. The van der Waals surface area contributed by atoms with E-state index in [1.165, 1.54) is 22.6 Å². The zero-order valence-electron chi connectivity index (χ0n) is 13.5. The lowest BCUT2D eigenvalue weighted by Gasteiger charge is -2.18. The number of amides is 4. The molecule has 0 atom stereocenters. The summed E-state index contributed by atoms with van der Waals surface area (Å²) in [6.45, 7) is 4.93.